The van der Waals surface area contributed by atoms with Crippen molar-refractivity contribution in [2.24, 2.45) is 7.05 Å². The smallest absolute Gasteiger partial charge is 0.265 e. The summed E-state index contributed by atoms with van der Waals surface area (Å²) in [5.74, 6) is 0.217. The summed E-state index contributed by atoms with van der Waals surface area (Å²) in [7, 11) is 1.63. The van der Waals surface area contributed by atoms with Crippen molar-refractivity contribution in [2.45, 2.75) is 39.3 Å². The molecule has 1 atom stereocenters. The van der Waals surface area contributed by atoms with Crippen LogP contribution >= 0.6 is 0 Å². The van der Waals surface area contributed by atoms with Crippen molar-refractivity contribution >= 4 is 17.0 Å². The summed E-state index contributed by atoms with van der Waals surface area (Å²) < 4.78 is 7.11. The second-order valence-corrected chi connectivity index (χ2v) is 8.55. The molecule has 0 aliphatic heterocycles. The largest absolute Gasteiger partial charge is 0.442 e. The highest BCUT2D eigenvalue weighted by atomic mass is 16.3. The van der Waals surface area contributed by atoms with Gasteiger partial charge in [0, 0.05) is 13.6 Å². The van der Waals surface area contributed by atoms with Crippen LogP contribution in [-0.4, -0.2) is 20.4 Å². The van der Waals surface area contributed by atoms with Gasteiger partial charge in [0.1, 0.15) is 17.5 Å². The first-order chi connectivity index (χ1) is 15.4. The third-order valence-electron chi connectivity index (χ3n) is 6.37. The van der Waals surface area contributed by atoms with E-state index >= 15 is 0 Å². The van der Waals surface area contributed by atoms with Crippen LogP contribution in [0.1, 0.15) is 50.8 Å². The average molecular weight is 428 g/mol. The Bertz CT molecular complexity index is 1380. The zero-order valence-electron chi connectivity index (χ0n) is 18.5. The molecule has 2 aromatic carbocycles. The minimum Gasteiger partial charge on any atom is -0.442 e. The zero-order valence-corrected chi connectivity index (χ0v) is 18.5. The monoisotopic (exact) mass is 427 g/mol. The first-order valence-corrected chi connectivity index (χ1v) is 10.8. The molecule has 0 bridgehead atoms. The normalized spacial score (nSPS) is 15.2. The van der Waals surface area contributed by atoms with Crippen molar-refractivity contribution in [2.75, 3.05) is 0 Å². The number of carbonyl (C=O) groups excluding carboxylic acids is 1. The van der Waals surface area contributed by atoms with Crippen LogP contribution in [-0.2, 0) is 20.0 Å². The van der Waals surface area contributed by atoms with Crippen LogP contribution in [0.5, 0.6) is 0 Å². The molecule has 4 aromatic rings. The molecular weight excluding hydrogens is 402 g/mol. The Labute approximate surface area is 186 Å². The maximum Gasteiger partial charge on any atom is 0.265 e. The topological polar surface area (TPSA) is 68.3 Å². The Morgan fingerprint density at radius 1 is 1.16 bits per heavy atom. The summed E-state index contributed by atoms with van der Waals surface area (Å²) >= 11 is 0. The number of furan rings is 1. The van der Waals surface area contributed by atoms with Crippen molar-refractivity contribution in [1.29, 1.82) is 0 Å². The highest BCUT2D eigenvalue weighted by Gasteiger charge is 2.34. The van der Waals surface area contributed by atoms with E-state index < -0.39 is 0 Å². The molecule has 0 spiro atoms. The molecule has 0 saturated heterocycles. The molecule has 1 aliphatic rings. The molecule has 2 heterocycles. The van der Waals surface area contributed by atoms with E-state index in [1.807, 2.05) is 24.0 Å². The van der Waals surface area contributed by atoms with Crippen LogP contribution in [0.25, 0.3) is 11.1 Å². The van der Waals surface area contributed by atoms with Gasteiger partial charge in [-0.05, 0) is 43.4 Å². The fourth-order valence-corrected chi connectivity index (χ4v) is 4.66. The predicted octanol–water partition coefficient (Wildman–Crippen LogP) is 4.47. The molecule has 0 saturated carbocycles. The Balaban J connectivity index is 1.64. The van der Waals surface area contributed by atoms with Gasteiger partial charge in [0.2, 0.25) is 5.71 Å². The molecule has 5 rings (SSSR count). The van der Waals surface area contributed by atoms with Gasteiger partial charge in [-0.25, -0.2) is 4.98 Å². The molecule has 0 fully saturated rings. The second-order valence-electron chi connectivity index (χ2n) is 8.55. The van der Waals surface area contributed by atoms with E-state index in [1.165, 1.54) is 27.6 Å². The van der Waals surface area contributed by atoms with Crippen molar-refractivity contribution in [1.82, 2.24) is 14.5 Å². The van der Waals surface area contributed by atoms with Crippen LogP contribution in [0.15, 0.2) is 64.1 Å². The maximum absolute atomic E-state index is 14.1. The SMILES string of the molecule is Cc1ccc(CN(C(=O)c2c(C)oc3ncn(C)c(=O)c23)C2CCc3ccccc32)cc1. The molecule has 1 amide bonds. The average Bonchev–Trinajstić information content (AvgIpc) is 3.36. The molecule has 0 radical (unpaired) electrons. The maximum atomic E-state index is 14.1. The van der Waals surface area contributed by atoms with Crippen molar-refractivity contribution in [3.05, 3.63) is 98.8 Å². The number of nitrogens with zero attached hydrogens (tertiary/aromatic N) is 3. The number of fused-ring (bicyclic) bond motifs is 2. The molecule has 2 aromatic heterocycles. The van der Waals surface area contributed by atoms with Gasteiger partial charge in [-0.2, -0.15) is 0 Å². The molecule has 1 unspecified atom stereocenters. The standard InChI is InChI=1S/C26H25N3O3/c1-16-8-10-18(11-9-16)14-29(21-13-12-19-6-4-5-7-20(19)21)26(31)22-17(2)32-24-23(22)25(30)28(3)15-27-24/h4-11,15,21H,12-14H2,1-3H3. The number of benzene rings is 2. The van der Waals surface area contributed by atoms with Crippen LogP contribution < -0.4 is 5.56 Å². The van der Waals surface area contributed by atoms with Gasteiger partial charge >= 0.3 is 0 Å². The minimum absolute atomic E-state index is 0.0649. The number of amides is 1. The Kier molecular flexibility index (Phi) is 4.93. The van der Waals surface area contributed by atoms with E-state index in [4.69, 9.17) is 4.42 Å². The van der Waals surface area contributed by atoms with Crippen molar-refractivity contribution in [3.8, 4) is 0 Å². The third kappa shape index (κ3) is 3.32. The lowest BCUT2D eigenvalue weighted by Crippen LogP contribution is -2.34. The number of aromatic nitrogens is 2. The lowest BCUT2D eigenvalue weighted by atomic mass is 10.0. The van der Waals surface area contributed by atoms with E-state index in [1.54, 1.807) is 14.0 Å². The lowest BCUT2D eigenvalue weighted by Gasteiger charge is -2.30. The van der Waals surface area contributed by atoms with E-state index in [0.717, 1.165) is 18.4 Å². The lowest BCUT2D eigenvalue weighted by molar-refractivity contribution is 0.0658. The van der Waals surface area contributed by atoms with Crippen LogP contribution in [0.3, 0.4) is 0 Å². The highest BCUT2D eigenvalue weighted by Crippen LogP contribution is 2.38. The molecule has 0 N–H and O–H groups in total. The highest BCUT2D eigenvalue weighted by molar-refractivity contribution is 6.06. The van der Waals surface area contributed by atoms with Crippen LogP contribution in [0.2, 0.25) is 0 Å². The summed E-state index contributed by atoms with van der Waals surface area (Å²) in [5, 5.41) is 0.248. The number of hydrogen-bond donors (Lipinski definition) is 0. The van der Waals surface area contributed by atoms with E-state index in [9.17, 15) is 9.59 Å². The molecule has 32 heavy (non-hydrogen) atoms. The zero-order chi connectivity index (χ0) is 22.4. The molecule has 1 aliphatic carbocycles. The summed E-state index contributed by atoms with van der Waals surface area (Å²) in [6.45, 7) is 4.22. The van der Waals surface area contributed by atoms with Gasteiger partial charge in [0.15, 0.2) is 0 Å². The fraction of sp³-hybridized carbons (Fsp3) is 0.269. The summed E-state index contributed by atoms with van der Waals surface area (Å²) in [6.07, 6.45) is 3.19. The Morgan fingerprint density at radius 2 is 1.91 bits per heavy atom. The van der Waals surface area contributed by atoms with Crippen LogP contribution in [0, 0.1) is 13.8 Å². The van der Waals surface area contributed by atoms with Gasteiger partial charge < -0.3 is 13.9 Å². The number of carbonyl (C=O) groups is 1. The van der Waals surface area contributed by atoms with E-state index in [2.05, 4.69) is 41.4 Å². The van der Waals surface area contributed by atoms with Gasteiger partial charge in [-0.1, -0.05) is 54.1 Å². The van der Waals surface area contributed by atoms with E-state index in [-0.39, 0.29) is 28.6 Å². The molecule has 6 nitrogen and oxygen atoms in total. The fourth-order valence-electron chi connectivity index (χ4n) is 4.66. The predicted molar refractivity (Wildman–Crippen MR) is 123 cm³/mol. The summed E-state index contributed by atoms with van der Waals surface area (Å²) in [5.41, 5.74) is 4.89. The quantitative estimate of drug-likeness (QED) is 0.482. The Hall–Kier alpha value is -3.67. The van der Waals surface area contributed by atoms with Gasteiger partial charge in [0.05, 0.1) is 11.6 Å². The van der Waals surface area contributed by atoms with Gasteiger partial charge in [-0.3, -0.25) is 9.59 Å². The van der Waals surface area contributed by atoms with Crippen molar-refractivity contribution < 1.29 is 9.21 Å². The molecule has 6 heteroatoms. The summed E-state index contributed by atoms with van der Waals surface area (Å²) in [4.78, 5) is 33.1. The number of aryl methyl sites for hydroxylation is 4. The van der Waals surface area contributed by atoms with E-state index in [0.29, 0.717) is 17.9 Å². The molecule has 162 valence electrons. The number of hydrogen-bond acceptors (Lipinski definition) is 4. The van der Waals surface area contributed by atoms with Gasteiger partial charge in [-0.15, -0.1) is 0 Å². The van der Waals surface area contributed by atoms with Gasteiger partial charge in [0.25, 0.3) is 11.5 Å². The minimum atomic E-state index is -0.280. The second kappa shape index (κ2) is 7.79. The summed E-state index contributed by atoms with van der Waals surface area (Å²) in [6, 6.07) is 16.4. The number of rotatable bonds is 4. The first-order valence-electron chi connectivity index (χ1n) is 10.8. The third-order valence-corrected chi connectivity index (χ3v) is 6.37. The van der Waals surface area contributed by atoms with Crippen molar-refractivity contribution in [3.63, 3.8) is 0 Å². The van der Waals surface area contributed by atoms with Crippen LogP contribution in [0.4, 0.5) is 0 Å². The first kappa shape index (κ1) is 20.2. The Morgan fingerprint density at radius 3 is 2.69 bits per heavy atom. The molecular formula is C26H25N3O3.